The predicted molar refractivity (Wildman–Crippen MR) is 139 cm³/mol. The Bertz CT molecular complexity index is 1650. The average molecular weight is 524 g/mol. The molecule has 39 heavy (non-hydrogen) atoms. The zero-order valence-corrected chi connectivity index (χ0v) is 20.5. The Morgan fingerprint density at radius 3 is 2.28 bits per heavy atom. The summed E-state index contributed by atoms with van der Waals surface area (Å²) >= 11 is 0. The smallest absolute Gasteiger partial charge is 0.271 e. The molecule has 0 N–H and O–H groups in total. The summed E-state index contributed by atoms with van der Waals surface area (Å²) in [5.41, 5.74) is 1.70. The Labute approximate surface area is 221 Å². The van der Waals surface area contributed by atoms with Crippen molar-refractivity contribution in [2.24, 2.45) is 11.8 Å². The van der Waals surface area contributed by atoms with Crippen LogP contribution in [0.15, 0.2) is 72.9 Å². The zero-order valence-electron chi connectivity index (χ0n) is 20.5. The molecule has 2 fully saturated rings. The van der Waals surface area contributed by atoms with Crippen LogP contribution in [0, 0.1) is 39.0 Å². The largest absolute Gasteiger partial charge is 0.358 e. The molecule has 0 radical (unpaired) electrons. The predicted octanol–water partition coefficient (Wildman–Crippen LogP) is 4.21. The Kier molecular flexibility index (Phi) is 5.38. The van der Waals surface area contributed by atoms with Crippen LogP contribution in [0.3, 0.4) is 0 Å². The molecule has 0 spiro atoms. The lowest BCUT2D eigenvalue weighted by Gasteiger charge is -2.35. The van der Waals surface area contributed by atoms with Crippen molar-refractivity contribution in [2.45, 2.75) is 19.0 Å². The number of rotatable bonds is 5. The van der Waals surface area contributed by atoms with E-state index in [1.54, 1.807) is 24.1 Å². The summed E-state index contributed by atoms with van der Waals surface area (Å²) in [7, 11) is 0. The minimum absolute atomic E-state index is 0.0473. The van der Waals surface area contributed by atoms with Crippen molar-refractivity contribution < 1.29 is 24.2 Å². The normalized spacial score (nSPS) is 22.9. The van der Waals surface area contributed by atoms with E-state index in [-0.39, 0.29) is 22.6 Å². The second-order valence-corrected chi connectivity index (χ2v) is 9.74. The third-order valence-corrected chi connectivity index (χ3v) is 7.72. The molecule has 2 saturated heterocycles. The van der Waals surface area contributed by atoms with E-state index in [1.807, 2.05) is 24.3 Å². The molecule has 0 saturated carbocycles. The lowest BCUT2D eigenvalue weighted by molar-refractivity contribution is -0.385. The second kappa shape index (κ2) is 8.69. The standard InChI is InChI=1S/C28H20N4O7/c1-15-9-10-19(32(38)39)14-21(15)30-27(34)22-23(28(30)35)25(26(33)17-6-4-7-18(13-17)31(36)37)29-12-11-16-5-2-3-8-20(16)24(22)29/h2-14,22-25H,1H3/t22-,23-,24+,25+/m1/s1. The van der Waals surface area contributed by atoms with Crippen LogP contribution in [0.5, 0.6) is 0 Å². The molecule has 3 aromatic carbocycles. The second-order valence-electron chi connectivity index (χ2n) is 9.74. The highest BCUT2D eigenvalue weighted by atomic mass is 16.6. The summed E-state index contributed by atoms with van der Waals surface area (Å²) in [6.07, 6.45) is 3.49. The van der Waals surface area contributed by atoms with Gasteiger partial charge >= 0.3 is 0 Å². The van der Waals surface area contributed by atoms with Gasteiger partial charge in [-0.2, -0.15) is 0 Å². The molecule has 4 atom stereocenters. The van der Waals surface area contributed by atoms with Crippen LogP contribution in [0.25, 0.3) is 6.08 Å². The Hall–Kier alpha value is -5.19. The van der Waals surface area contributed by atoms with Gasteiger partial charge in [-0.25, -0.2) is 4.90 Å². The highest BCUT2D eigenvalue weighted by Crippen LogP contribution is 2.54. The number of amides is 2. The van der Waals surface area contributed by atoms with Gasteiger partial charge in [-0.15, -0.1) is 0 Å². The van der Waals surface area contributed by atoms with Gasteiger partial charge in [-0.3, -0.25) is 34.6 Å². The van der Waals surface area contributed by atoms with Crippen molar-refractivity contribution in [1.29, 1.82) is 0 Å². The summed E-state index contributed by atoms with van der Waals surface area (Å²) in [4.78, 5) is 66.3. The number of nitro groups is 2. The van der Waals surface area contributed by atoms with Crippen LogP contribution in [0.2, 0.25) is 0 Å². The lowest BCUT2D eigenvalue weighted by atomic mass is 9.83. The molecule has 11 nitrogen and oxygen atoms in total. The van der Waals surface area contributed by atoms with Crippen LogP contribution < -0.4 is 4.90 Å². The summed E-state index contributed by atoms with van der Waals surface area (Å²) < 4.78 is 0. The number of Topliss-reactive ketones (excluding diaryl/α,β-unsaturated/α-hetero) is 1. The molecular formula is C28H20N4O7. The molecule has 6 rings (SSSR count). The van der Waals surface area contributed by atoms with Gasteiger partial charge in [0.25, 0.3) is 11.4 Å². The van der Waals surface area contributed by atoms with Gasteiger partial charge in [0.2, 0.25) is 11.8 Å². The number of non-ortho nitro benzene ring substituents is 2. The van der Waals surface area contributed by atoms with E-state index in [1.165, 1.54) is 36.4 Å². The van der Waals surface area contributed by atoms with Gasteiger partial charge in [0.15, 0.2) is 5.78 Å². The van der Waals surface area contributed by atoms with Crippen molar-refractivity contribution >= 4 is 40.7 Å². The zero-order chi connectivity index (χ0) is 27.6. The maximum atomic E-state index is 14.0. The Morgan fingerprint density at radius 1 is 0.846 bits per heavy atom. The van der Waals surface area contributed by atoms with Crippen LogP contribution in [0.1, 0.15) is 33.1 Å². The molecule has 3 heterocycles. The number of hydrogen-bond acceptors (Lipinski definition) is 8. The van der Waals surface area contributed by atoms with E-state index in [0.29, 0.717) is 5.56 Å². The number of benzene rings is 3. The minimum atomic E-state index is -1.12. The van der Waals surface area contributed by atoms with E-state index in [0.717, 1.165) is 22.1 Å². The van der Waals surface area contributed by atoms with Crippen molar-refractivity contribution in [3.63, 3.8) is 0 Å². The van der Waals surface area contributed by atoms with Gasteiger partial charge in [0.1, 0.15) is 6.04 Å². The van der Waals surface area contributed by atoms with Gasteiger partial charge in [-0.05, 0) is 29.7 Å². The molecule has 0 aliphatic carbocycles. The number of nitrogens with zero attached hydrogens (tertiary/aromatic N) is 4. The first-order valence-corrected chi connectivity index (χ1v) is 12.1. The molecule has 0 aromatic heterocycles. The average Bonchev–Trinajstić information content (AvgIpc) is 3.41. The maximum absolute atomic E-state index is 14.0. The van der Waals surface area contributed by atoms with Gasteiger partial charge in [0.05, 0.1) is 33.4 Å². The fourth-order valence-electron chi connectivity index (χ4n) is 5.99. The van der Waals surface area contributed by atoms with E-state index in [2.05, 4.69) is 0 Å². The molecule has 0 bridgehead atoms. The summed E-state index contributed by atoms with van der Waals surface area (Å²) in [5.74, 6) is -3.78. The van der Waals surface area contributed by atoms with Crippen molar-refractivity contribution in [1.82, 2.24) is 4.90 Å². The Morgan fingerprint density at radius 2 is 1.54 bits per heavy atom. The molecule has 0 unspecified atom stereocenters. The van der Waals surface area contributed by atoms with E-state index in [4.69, 9.17) is 0 Å². The van der Waals surface area contributed by atoms with Gasteiger partial charge in [-0.1, -0.05) is 42.5 Å². The van der Waals surface area contributed by atoms with E-state index in [9.17, 15) is 34.6 Å². The monoisotopic (exact) mass is 524 g/mol. The SMILES string of the molecule is Cc1ccc([N+](=O)[O-])cc1N1C(=O)[C@@H]2[C@@H](C1=O)[C@@H]1c3ccccc3C=CN1[C@@H]2C(=O)c1cccc([N+](=O)[O-])c1. The minimum Gasteiger partial charge on any atom is -0.358 e. The summed E-state index contributed by atoms with van der Waals surface area (Å²) in [6.45, 7) is 1.64. The molecule has 3 aromatic rings. The molecule has 3 aliphatic rings. The number of anilines is 1. The molecular weight excluding hydrogens is 504 g/mol. The highest BCUT2D eigenvalue weighted by molar-refractivity contribution is 6.25. The lowest BCUT2D eigenvalue weighted by Crippen LogP contribution is -2.44. The fourth-order valence-corrected chi connectivity index (χ4v) is 5.99. The highest BCUT2D eigenvalue weighted by Gasteiger charge is 2.64. The first-order chi connectivity index (χ1) is 18.7. The third-order valence-electron chi connectivity index (χ3n) is 7.72. The summed E-state index contributed by atoms with van der Waals surface area (Å²) in [6, 6.07) is 14.8. The maximum Gasteiger partial charge on any atom is 0.271 e. The number of hydrogen-bond donors (Lipinski definition) is 0. The number of carbonyl (C=O) groups excluding carboxylic acids is 3. The van der Waals surface area contributed by atoms with Crippen LogP contribution >= 0.6 is 0 Å². The van der Waals surface area contributed by atoms with Crippen molar-refractivity contribution in [3.05, 3.63) is 115 Å². The quantitative estimate of drug-likeness (QED) is 0.209. The van der Waals surface area contributed by atoms with Crippen LogP contribution in [-0.4, -0.2) is 38.4 Å². The molecule has 3 aliphatic heterocycles. The Balaban J connectivity index is 1.51. The molecule has 194 valence electrons. The fraction of sp³-hybridized carbons (Fsp3) is 0.179. The van der Waals surface area contributed by atoms with E-state index >= 15 is 0 Å². The number of imide groups is 1. The first-order valence-electron chi connectivity index (χ1n) is 12.1. The molecule has 11 heteroatoms. The van der Waals surface area contributed by atoms with Gasteiger partial charge < -0.3 is 4.90 Å². The number of nitro benzene ring substituents is 2. The number of ketones is 1. The van der Waals surface area contributed by atoms with Crippen molar-refractivity contribution in [3.8, 4) is 0 Å². The van der Waals surface area contributed by atoms with E-state index < -0.39 is 51.4 Å². The topological polar surface area (TPSA) is 144 Å². The number of carbonyl (C=O) groups is 3. The summed E-state index contributed by atoms with van der Waals surface area (Å²) in [5, 5.41) is 22.8. The third kappa shape index (κ3) is 3.54. The van der Waals surface area contributed by atoms with Crippen LogP contribution in [0.4, 0.5) is 17.1 Å². The van der Waals surface area contributed by atoms with Crippen molar-refractivity contribution in [2.75, 3.05) is 4.90 Å². The first kappa shape index (κ1) is 24.2. The molecule has 2 amide bonds. The number of fused-ring (bicyclic) bond motifs is 5. The number of aryl methyl sites for hydroxylation is 1. The van der Waals surface area contributed by atoms with Crippen LogP contribution in [-0.2, 0) is 9.59 Å². The van der Waals surface area contributed by atoms with Gasteiger partial charge in [0, 0.05) is 36.0 Å².